The van der Waals surface area contributed by atoms with Crippen LogP contribution in [0.25, 0.3) is 5.69 Å². The predicted octanol–water partition coefficient (Wildman–Crippen LogP) is 3.61. The number of thioether (sulfide) groups is 1. The van der Waals surface area contributed by atoms with Crippen LogP contribution in [-0.2, 0) is 9.53 Å². The molecule has 1 aliphatic rings. The van der Waals surface area contributed by atoms with Crippen LogP contribution >= 0.6 is 11.8 Å². The monoisotopic (exact) mass is 374 g/mol. The van der Waals surface area contributed by atoms with E-state index in [0.717, 1.165) is 36.3 Å². The number of rotatable bonds is 7. The first-order chi connectivity index (χ1) is 12.6. The van der Waals surface area contributed by atoms with Gasteiger partial charge in [0.2, 0.25) is 5.95 Å². The number of ether oxygens (including phenoxy) is 1. The van der Waals surface area contributed by atoms with Crippen LogP contribution in [0.3, 0.4) is 0 Å². The van der Waals surface area contributed by atoms with Crippen molar-refractivity contribution in [1.82, 2.24) is 14.8 Å². The fourth-order valence-corrected chi connectivity index (χ4v) is 3.77. The average Bonchev–Trinajstić information content (AvgIpc) is 3.30. The van der Waals surface area contributed by atoms with Gasteiger partial charge in [0, 0.05) is 13.1 Å². The molecule has 3 rings (SSSR count). The van der Waals surface area contributed by atoms with Gasteiger partial charge >= 0.3 is 5.97 Å². The Bertz CT molecular complexity index is 738. The van der Waals surface area contributed by atoms with Gasteiger partial charge in [-0.05, 0) is 45.2 Å². The molecule has 7 heteroatoms. The van der Waals surface area contributed by atoms with Gasteiger partial charge in [-0.25, -0.2) is 0 Å². The molecule has 0 saturated carbocycles. The van der Waals surface area contributed by atoms with Crippen molar-refractivity contribution in [2.75, 3.05) is 24.6 Å². The molecule has 2 heterocycles. The van der Waals surface area contributed by atoms with Gasteiger partial charge in [0.05, 0.1) is 12.3 Å². The summed E-state index contributed by atoms with van der Waals surface area (Å²) in [7, 11) is 0. The Morgan fingerprint density at radius 2 is 1.92 bits per heavy atom. The molecule has 26 heavy (non-hydrogen) atoms. The van der Waals surface area contributed by atoms with E-state index < -0.39 is 0 Å². The normalized spacial score (nSPS) is 15.3. The molecule has 1 unspecified atom stereocenters. The third kappa shape index (κ3) is 4.20. The summed E-state index contributed by atoms with van der Waals surface area (Å²) in [5.41, 5.74) is 2.22. The Morgan fingerprint density at radius 3 is 2.58 bits per heavy atom. The topological polar surface area (TPSA) is 60.2 Å². The molecule has 0 radical (unpaired) electrons. The highest BCUT2D eigenvalue weighted by molar-refractivity contribution is 8.00. The van der Waals surface area contributed by atoms with E-state index in [4.69, 9.17) is 4.74 Å². The standard InChI is InChI=1S/C19H26N4O2S/c1-4-13-25-17(24)15(3)26-19-21-20-18(22-11-5-6-12-22)23(19)16-9-7-14(2)8-10-16/h7-10,15H,4-6,11-13H2,1-3H3. The van der Waals surface area contributed by atoms with Crippen LogP contribution < -0.4 is 4.90 Å². The van der Waals surface area contributed by atoms with E-state index >= 15 is 0 Å². The third-order valence-electron chi connectivity index (χ3n) is 4.36. The number of aromatic nitrogens is 3. The Balaban J connectivity index is 1.89. The lowest BCUT2D eigenvalue weighted by Crippen LogP contribution is -2.22. The lowest BCUT2D eigenvalue weighted by atomic mass is 10.2. The minimum atomic E-state index is -0.332. The molecule has 6 nitrogen and oxygen atoms in total. The van der Waals surface area contributed by atoms with Crippen LogP contribution in [0.1, 0.15) is 38.7 Å². The van der Waals surface area contributed by atoms with E-state index in [2.05, 4.69) is 50.9 Å². The van der Waals surface area contributed by atoms with E-state index in [-0.39, 0.29) is 11.2 Å². The number of esters is 1. The van der Waals surface area contributed by atoms with Crippen molar-refractivity contribution in [3.63, 3.8) is 0 Å². The maximum atomic E-state index is 12.2. The Hall–Kier alpha value is -2.02. The van der Waals surface area contributed by atoms with Crippen LogP contribution in [0.4, 0.5) is 5.95 Å². The number of hydrogen-bond donors (Lipinski definition) is 0. The molecule has 1 aromatic heterocycles. The van der Waals surface area contributed by atoms with E-state index in [1.54, 1.807) is 0 Å². The van der Waals surface area contributed by atoms with Crippen LogP contribution in [0.5, 0.6) is 0 Å². The number of anilines is 1. The van der Waals surface area contributed by atoms with E-state index in [0.29, 0.717) is 6.61 Å². The third-order valence-corrected chi connectivity index (χ3v) is 5.38. The molecule has 1 atom stereocenters. The van der Waals surface area contributed by atoms with Gasteiger partial charge in [-0.2, -0.15) is 0 Å². The lowest BCUT2D eigenvalue weighted by molar-refractivity contribution is -0.142. The Kier molecular flexibility index (Phi) is 6.19. The maximum Gasteiger partial charge on any atom is 0.319 e. The molecule has 0 amide bonds. The second-order valence-corrected chi connectivity index (χ2v) is 7.88. The summed E-state index contributed by atoms with van der Waals surface area (Å²) in [5.74, 6) is 0.640. The second kappa shape index (κ2) is 8.58. The Morgan fingerprint density at radius 1 is 1.23 bits per heavy atom. The summed E-state index contributed by atoms with van der Waals surface area (Å²) >= 11 is 1.40. The highest BCUT2D eigenvalue weighted by Gasteiger charge is 2.25. The SMILES string of the molecule is CCCOC(=O)C(C)Sc1nnc(N2CCCC2)n1-c1ccc(C)cc1. The first kappa shape index (κ1) is 18.8. The molecule has 140 valence electrons. The van der Waals surface area contributed by atoms with Gasteiger partial charge in [-0.15, -0.1) is 10.2 Å². The minimum absolute atomic E-state index is 0.210. The van der Waals surface area contributed by atoms with Crippen molar-refractivity contribution < 1.29 is 9.53 Å². The first-order valence-corrected chi connectivity index (χ1v) is 10.1. The lowest BCUT2D eigenvalue weighted by Gasteiger charge is -2.19. The predicted molar refractivity (Wildman–Crippen MR) is 104 cm³/mol. The maximum absolute atomic E-state index is 12.2. The van der Waals surface area contributed by atoms with Crippen LogP contribution in [0, 0.1) is 6.92 Å². The average molecular weight is 375 g/mol. The van der Waals surface area contributed by atoms with Crippen molar-refractivity contribution in [3.05, 3.63) is 29.8 Å². The molecule has 0 aliphatic carbocycles. The van der Waals surface area contributed by atoms with Gasteiger partial charge in [-0.3, -0.25) is 9.36 Å². The smallest absolute Gasteiger partial charge is 0.319 e. The van der Waals surface area contributed by atoms with Gasteiger partial charge in [0.1, 0.15) is 5.25 Å². The van der Waals surface area contributed by atoms with Crippen molar-refractivity contribution in [2.24, 2.45) is 0 Å². The number of aryl methyl sites for hydroxylation is 1. The summed E-state index contributed by atoms with van der Waals surface area (Å²) in [4.78, 5) is 14.4. The summed E-state index contributed by atoms with van der Waals surface area (Å²) in [6, 6.07) is 8.30. The molecule has 0 N–H and O–H groups in total. The Labute approximate surface area is 158 Å². The number of carbonyl (C=O) groups is 1. The number of carbonyl (C=O) groups excluding carboxylic acids is 1. The molecule has 0 spiro atoms. The largest absolute Gasteiger partial charge is 0.465 e. The highest BCUT2D eigenvalue weighted by Crippen LogP contribution is 2.31. The van der Waals surface area contributed by atoms with Gasteiger partial charge in [-0.1, -0.05) is 36.4 Å². The van der Waals surface area contributed by atoms with E-state index in [9.17, 15) is 4.79 Å². The number of nitrogens with zero attached hydrogens (tertiary/aromatic N) is 4. The zero-order valence-corrected chi connectivity index (χ0v) is 16.5. The van der Waals surface area contributed by atoms with Crippen molar-refractivity contribution in [3.8, 4) is 5.69 Å². The van der Waals surface area contributed by atoms with Crippen LogP contribution in [-0.4, -0.2) is 45.7 Å². The van der Waals surface area contributed by atoms with Gasteiger partial charge in [0.25, 0.3) is 0 Å². The highest BCUT2D eigenvalue weighted by atomic mass is 32.2. The first-order valence-electron chi connectivity index (χ1n) is 9.21. The van der Waals surface area contributed by atoms with Gasteiger partial charge in [0.15, 0.2) is 5.16 Å². The summed E-state index contributed by atoms with van der Waals surface area (Å²) < 4.78 is 7.32. The summed E-state index contributed by atoms with van der Waals surface area (Å²) in [6.45, 7) is 8.34. The molecule has 1 fully saturated rings. The molecule has 1 saturated heterocycles. The van der Waals surface area contributed by atoms with E-state index in [1.807, 2.05) is 13.8 Å². The van der Waals surface area contributed by atoms with Crippen molar-refractivity contribution in [1.29, 1.82) is 0 Å². The second-order valence-electron chi connectivity index (χ2n) is 6.58. The fraction of sp³-hybridized carbons (Fsp3) is 0.526. The minimum Gasteiger partial charge on any atom is -0.465 e. The van der Waals surface area contributed by atoms with Crippen LogP contribution in [0.15, 0.2) is 29.4 Å². The van der Waals surface area contributed by atoms with Gasteiger partial charge < -0.3 is 9.64 Å². The fourth-order valence-electron chi connectivity index (χ4n) is 2.91. The summed E-state index contributed by atoms with van der Waals surface area (Å²) in [5, 5.41) is 9.21. The zero-order valence-electron chi connectivity index (χ0n) is 15.6. The zero-order chi connectivity index (χ0) is 18.5. The van der Waals surface area contributed by atoms with Crippen molar-refractivity contribution in [2.45, 2.75) is 50.4 Å². The molecule has 2 aromatic rings. The quantitative estimate of drug-likeness (QED) is 0.545. The van der Waals surface area contributed by atoms with E-state index in [1.165, 1.54) is 30.2 Å². The molecule has 0 bridgehead atoms. The number of hydrogen-bond acceptors (Lipinski definition) is 6. The summed E-state index contributed by atoms with van der Waals surface area (Å²) in [6.07, 6.45) is 3.16. The molecular weight excluding hydrogens is 348 g/mol. The van der Waals surface area contributed by atoms with Crippen molar-refractivity contribution >= 4 is 23.7 Å². The molecule has 1 aromatic carbocycles. The number of benzene rings is 1. The molecule has 1 aliphatic heterocycles. The molecular formula is C19H26N4O2S. The van der Waals surface area contributed by atoms with Crippen LogP contribution in [0.2, 0.25) is 0 Å².